The van der Waals surface area contributed by atoms with Crippen molar-refractivity contribution in [3.63, 3.8) is 0 Å². The highest BCUT2D eigenvalue weighted by Crippen LogP contribution is 2.27. The minimum Gasteiger partial charge on any atom is -0.377 e. The summed E-state index contributed by atoms with van der Waals surface area (Å²) in [6.45, 7) is 6.70. The van der Waals surface area contributed by atoms with Gasteiger partial charge in [-0.3, -0.25) is 4.99 Å². The number of aliphatic imine (C=N–C) groups is 1. The van der Waals surface area contributed by atoms with Crippen LogP contribution in [0.1, 0.15) is 19.9 Å². The molecule has 0 saturated carbocycles. The smallest absolute Gasteiger partial charge is 0.160 e. The van der Waals surface area contributed by atoms with E-state index in [-0.39, 0.29) is 6.04 Å². The zero-order chi connectivity index (χ0) is 14.7. The van der Waals surface area contributed by atoms with Gasteiger partial charge in [-0.1, -0.05) is 12.1 Å². The third-order valence-electron chi connectivity index (χ3n) is 3.42. The molecular weight excluding hydrogens is 264 g/mol. The Bertz CT molecular complexity index is 643. The average molecular weight is 284 g/mol. The van der Waals surface area contributed by atoms with Crippen LogP contribution in [-0.4, -0.2) is 40.2 Å². The van der Waals surface area contributed by atoms with Crippen molar-refractivity contribution in [1.29, 1.82) is 0 Å². The molecule has 2 heterocycles. The summed E-state index contributed by atoms with van der Waals surface area (Å²) in [5.74, 6) is 1.89. The van der Waals surface area contributed by atoms with Crippen molar-refractivity contribution in [2.24, 2.45) is 4.99 Å². The van der Waals surface area contributed by atoms with Crippen LogP contribution >= 0.6 is 0 Å². The minimum atomic E-state index is 0.274. The summed E-state index contributed by atoms with van der Waals surface area (Å²) in [6.07, 6.45) is 1.61. The van der Waals surface area contributed by atoms with Crippen LogP contribution in [0.15, 0.2) is 35.6 Å². The molecule has 2 N–H and O–H groups in total. The van der Waals surface area contributed by atoms with Gasteiger partial charge >= 0.3 is 0 Å². The predicted molar refractivity (Wildman–Crippen MR) is 84.6 cm³/mol. The maximum absolute atomic E-state index is 4.41. The zero-order valence-corrected chi connectivity index (χ0v) is 12.4. The molecule has 1 aromatic carbocycles. The van der Waals surface area contributed by atoms with Crippen molar-refractivity contribution in [2.75, 3.05) is 25.0 Å². The van der Waals surface area contributed by atoms with E-state index in [2.05, 4.69) is 51.7 Å². The summed E-state index contributed by atoms with van der Waals surface area (Å²) in [5.41, 5.74) is 2.10. The molecule has 110 valence electrons. The highest BCUT2D eigenvalue weighted by Gasteiger charge is 2.14. The molecule has 1 aliphatic heterocycles. The summed E-state index contributed by atoms with van der Waals surface area (Å²) in [7, 11) is 0. The van der Waals surface area contributed by atoms with Gasteiger partial charge in [0.25, 0.3) is 0 Å². The van der Waals surface area contributed by atoms with Crippen LogP contribution in [-0.2, 0) is 0 Å². The van der Waals surface area contributed by atoms with Crippen LogP contribution in [0.3, 0.4) is 0 Å². The molecule has 0 atom stereocenters. The number of aromatic nitrogens is 3. The van der Waals surface area contributed by atoms with Crippen LogP contribution in [0.5, 0.6) is 0 Å². The van der Waals surface area contributed by atoms with E-state index < -0.39 is 0 Å². The molecule has 2 aromatic rings. The Hall–Kier alpha value is -2.37. The van der Waals surface area contributed by atoms with E-state index in [9.17, 15) is 0 Å². The van der Waals surface area contributed by atoms with Crippen molar-refractivity contribution in [3.8, 4) is 11.4 Å². The second kappa shape index (κ2) is 5.95. The van der Waals surface area contributed by atoms with Crippen LogP contribution in [0.2, 0.25) is 0 Å². The van der Waals surface area contributed by atoms with Crippen molar-refractivity contribution >= 4 is 11.5 Å². The minimum absolute atomic E-state index is 0.274. The van der Waals surface area contributed by atoms with Gasteiger partial charge in [0.1, 0.15) is 12.2 Å². The molecule has 21 heavy (non-hydrogen) atoms. The SMILES string of the molecule is CC(C)n1ncnc1-c1ccccc1NCC1=NCCN1. The number of nitrogens with zero attached hydrogens (tertiary/aromatic N) is 4. The predicted octanol–water partition coefficient (Wildman–Crippen LogP) is 1.94. The van der Waals surface area contributed by atoms with Crippen molar-refractivity contribution in [2.45, 2.75) is 19.9 Å². The summed E-state index contributed by atoms with van der Waals surface area (Å²) >= 11 is 0. The van der Waals surface area contributed by atoms with E-state index in [1.54, 1.807) is 6.33 Å². The molecule has 3 rings (SSSR count). The van der Waals surface area contributed by atoms with E-state index in [0.29, 0.717) is 6.54 Å². The summed E-state index contributed by atoms with van der Waals surface area (Å²) in [4.78, 5) is 8.81. The van der Waals surface area contributed by atoms with Crippen LogP contribution < -0.4 is 10.6 Å². The second-order valence-corrected chi connectivity index (χ2v) is 5.28. The van der Waals surface area contributed by atoms with E-state index in [1.165, 1.54) is 0 Å². The Morgan fingerprint density at radius 2 is 2.19 bits per heavy atom. The molecule has 0 fully saturated rings. The van der Waals surface area contributed by atoms with Gasteiger partial charge in [0.2, 0.25) is 0 Å². The quantitative estimate of drug-likeness (QED) is 0.880. The summed E-state index contributed by atoms with van der Waals surface area (Å²) < 4.78 is 1.94. The van der Waals surface area contributed by atoms with Gasteiger partial charge in [-0.25, -0.2) is 9.67 Å². The second-order valence-electron chi connectivity index (χ2n) is 5.28. The fraction of sp³-hybridized carbons (Fsp3) is 0.400. The van der Waals surface area contributed by atoms with Gasteiger partial charge in [-0.15, -0.1) is 0 Å². The fourth-order valence-corrected chi connectivity index (χ4v) is 2.40. The lowest BCUT2D eigenvalue weighted by Crippen LogP contribution is -2.26. The molecule has 0 saturated heterocycles. The number of amidine groups is 1. The van der Waals surface area contributed by atoms with Gasteiger partial charge < -0.3 is 10.6 Å². The van der Waals surface area contributed by atoms with Crippen molar-refractivity contribution in [3.05, 3.63) is 30.6 Å². The van der Waals surface area contributed by atoms with E-state index in [1.807, 2.05) is 16.8 Å². The standard InChI is InChI=1S/C15H20N6/c1-11(2)21-15(19-10-20-21)12-5-3-4-6-13(12)18-9-14-16-7-8-17-14/h3-6,10-11,18H,7-9H2,1-2H3,(H,16,17). The first-order valence-electron chi connectivity index (χ1n) is 7.25. The first kappa shape index (κ1) is 13.6. The number of anilines is 1. The van der Waals surface area contributed by atoms with Gasteiger partial charge in [0.05, 0.1) is 13.1 Å². The molecule has 0 unspecified atom stereocenters. The first-order chi connectivity index (χ1) is 10.3. The van der Waals surface area contributed by atoms with E-state index in [0.717, 1.165) is 36.0 Å². The molecule has 6 nitrogen and oxygen atoms in total. The number of para-hydroxylation sites is 1. The number of hydrogen-bond acceptors (Lipinski definition) is 5. The molecule has 1 aliphatic rings. The van der Waals surface area contributed by atoms with E-state index >= 15 is 0 Å². The summed E-state index contributed by atoms with van der Waals surface area (Å²) in [5, 5.41) is 11.0. The topological polar surface area (TPSA) is 67.1 Å². The average Bonchev–Trinajstić information content (AvgIpc) is 3.16. The highest BCUT2D eigenvalue weighted by atomic mass is 15.3. The zero-order valence-electron chi connectivity index (χ0n) is 12.4. The summed E-state index contributed by atoms with van der Waals surface area (Å²) in [6, 6.07) is 8.44. The lowest BCUT2D eigenvalue weighted by molar-refractivity contribution is 0.537. The monoisotopic (exact) mass is 284 g/mol. The Morgan fingerprint density at radius 1 is 1.33 bits per heavy atom. The third-order valence-corrected chi connectivity index (χ3v) is 3.42. The maximum Gasteiger partial charge on any atom is 0.160 e. The molecule has 0 radical (unpaired) electrons. The Kier molecular flexibility index (Phi) is 3.85. The lowest BCUT2D eigenvalue weighted by atomic mass is 10.1. The molecular formula is C15H20N6. The Morgan fingerprint density at radius 3 is 2.95 bits per heavy atom. The van der Waals surface area contributed by atoms with Gasteiger partial charge in [0.15, 0.2) is 5.82 Å². The largest absolute Gasteiger partial charge is 0.377 e. The third kappa shape index (κ3) is 2.89. The van der Waals surface area contributed by atoms with Gasteiger partial charge in [0, 0.05) is 23.8 Å². The lowest BCUT2D eigenvalue weighted by Gasteiger charge is -2.14. The van der Waals surface area contributed by atoms with Crippen LogP contribution in [0.4, 0.5) is 5.69 Å². The van der Waals surface area contributed by atoms with Gasteiger partial charge in [-0.05, 0) is 26.0 Å². The Labute approximate surface area is 124 Å². The van der Waals surface area contributed by atoms with E-state index in [4.69, 9.17) is 0 Å². The van der Waals surface area contributed by atoms with Crippen molar-refractivity contribution in [1.82, 2.24) is 20.1 Å². The maximum atomic E-state index is 4.41. The van der Waals surface area contributed by atoms with Gasteiger partial charge in [-0.2, -0.15) is 5.10 Å². The number of benzene rings is 1. The molecule has 0 aliphatic carbocycles. The fourth-order valence-electron chi connectivity index (χ4n) is 2.40. The van der Waals surface area contributed by atoms with Crippen LogP contribution in [0, 0.1) is 0 Å². The Balaban J connectivity index is 1.86. The highest BCUT2D eigenvalue weighted by molar-refractivity contribution is 5.88. The molecule has 0 spiro atoms. The molecule has 0 bridgehead atoms. The number of rotatable bonds is 5. The van der Waals surface area contributed by atoms with Crippen LogP contribution in [0.25, 0.3) is 11.4 Å². The first-order valence-corrected chi connectivity index (χ1v) is 7.25. The molecule has 0 amide bonds. The number of hydrogen-bond donors (Lipinski definition) is 2. The molecule has 6 heteroatoms. The van der Waals surface area contributed by atoms with Crippen molar-refractivity contribution < 1.29 is 0 Å². The molecule has 1 aromatic heterocycles. The normalized spacial score (nSPS) is 14.1. The number of nitrogens with one attached hydrogen (secondary N) is 2.